The van der Waals surface area contributed by atoms with Gasteiger partial charge in [-0.3, -0.25) is 5.73 Å². The fourth-order valence-corrected chi connectivity index (χ4v) is 4.38. The van der Waals surface area contributed by atoms with Crippen LogP contribution in [-0.2, 0) is 5.79 Å². The van der Waals surface area contributed by atoms with Gasteiger partial charge in [0.2, 0.25) is 11.7 Å². The van der Waals surface area contributed by atoms with Gasteiger partial charge in [0.25, 0.3) is 0 Å². The van der Waals surface area contributed by atoms with Gasteiger partial charge in [-0.1, -0.05) is 36.4 Å². The third-order valence-corrected chi connectivity index (χ3v) is 6.23. The molecule has 0 spiro atoms. The molecule has 0 radical (unpaired) electrons. The zero-order valence-electron chi connectivity index (χ0n) is 17.9. The summed E-state index contributed by atoms with van der Waals surface area (Å²) in [7, 11) is 4.28. The summed E-state index contributed by atoms with van der Waals surface area (Å²) >= 11 is 0. The van der Waals surface area contributed by atoms with Crippen LogP contribution in [-0.4, -0.2) is 49.1 Å². The van der Waals surface area contributed by atoms with E-state index in [0.717, 1.165) is 29.4 Å². The molecule has 5 rings (SSSR count). The number of pyridine rings is 1. The average molecular weight is 417 g/mol. The number of fused-ring (bicyclic) bond motifs is 1. The van der Waals surface area contributed by atoms with Crippen molar-refractivity contribution in [2.24, 2.45) is 16.5 Å². The van der Waals surface area contributed by atoms with E-state index in [4.69, 9.17) is 11.5 Å². The lowest BCUT2D eigenvalue weighted by molar-refractivity contribution is 0.315. The maximum Gasteiger partial charge on any atom is 0.215 e. The molecule has 3 aromatic rings. The first-order valence-corrected chi connectivity index (χ1v) is 10.5. The lowest BCUT2D eigenvalue weighted by Gasteiger charge is -2.27. The van der Waals surface area contributed by atoms with Crippen molar-refractivity contribution in [3.8, 4) is 0 Å². The van der Waals surface area contributed by atoms with E-state index in [9.17, 15) is 0 Å². The number of benzene rings is 2. The molecule has 160 valence electrons. The number of rotatable bonds is 4. The Morgan fingerprint density at radius 1 is 1.10 bits per heavy atom. The Bertz CT molecular complexity index is 1120. The van der Waals surface area contributed by atoms with Gasteiger partial charge in [0.1, 0.15) is 0 Å². The van der Waals surface area contributed by atoms with Crippen LogP contribution in [0.1, 0.15) is 12.0 Å². The van der Waals surface area contributed by atoms with Crippen molar-refractivity contribution in [2.45, 2.75) is 18.2 Å². The standard InChI is InChI=1S/C23H28N8/c1-29(2)19-12-14-30(15-19)18-9-7-17(8-10-18)23(25)27-22(24)31(28-23)21-20-6-4-3-5-16(20)11-13-26-21/h3-11,13,19,28H,12,14-15,25H2,1-2H3,(H2,24,27)/t19-,23?/m1/s1. The van der Waals surface area contributed by atoms with E-state index in [2.05, 4.69) is 51.4 Å². The number of nitrogens with two attached hydrogens (primary N) is 2. The van der Waals surface area contributed by atoms with Gasteiger partial charge < -0.3 is 15.5 Å². The van der Waals surface area contributed by atoms with Crippen LogP contribution in [0.3, 0.4) is 0 Å². The lowest BCUT2D eigenvalue weighted by atomic mass is 10.1. The predicted molar refractivity (Wildman–Crippen MR) is 126 cm³/mol. The molecule has 2 atom stereocenters. The van der Waals surface area contributed by atoms with Crippen LogP contribution in [0.15, 0.2) is 65.8 Å². The Balaban J connectivity index is 1.39. The molecule has 1 fully saturated rings. The largest absolute Gasteiger partial charge is 0.370 e. The fourth-order valence-electron chi connectivity index (χ4n) is 4.38. The number of nitrogens with one attached hydrogen (secondary N) is 1. The summed E-state index contributed by atoms with van der Waals surface area (Å²) in [6, 6.07) is 18.8. The molecule has 31 heavy (non-hydrogen) atoms. The average Bonchev–Trinajstić information content (AvgIpc) is 3.39. The van der Waals surface area contributed by atoms with E-state index < -0.39 is 5.79 Å². The highest BCUT2D eigenvalue weighted by Gasteiger charge is 2.38. The Labute approximate surface area is 182 Å². The number of hydrogen-bond donors (Lipinski definition) is 3. The number of aliphatic imine (C=N–C) groups is 1. The number of likely N-dealkylation sites (N-methyl/N-ethyl adjacent to an activating group) is 1. The van der Waals surface area contributed by atoms with E-state index in [0.29, 0.717) is 11.9 Å². The first-order valence-electron chi connectivity index (χ1n) is 10.5. The first-order chi connectivity index (χ1) is 14.9. The number of anilines is 2. The Hall–Kier alpha value is -3.20. The molecule has 1 unspecified atom stereocenters. The second-order valence-corrected chi connectivity index (χ2v) is 8.44. The number of nitrogens with zero attached hydrogens (tertiary/aromatic N) is 5. The van der Waals surface area contributed by atoms with E-state index >= 15 is 0 Å². The molecule has 0 amide bonds. The maximum atomic E-state index is 6.64. The van der Waals surface area contributed by atoms with E-state index in [1.807, 2.05) is 42.5 Å². The van der Waals surface area contributed by atoms with Crippen LogP contribution in [0.25, 0.3) is 10.8 Å². The van der Waals surface area contributed by atoms with Gasteiger partial charge in [-0.2, -0.15) is 5.43 Å². The summed E-state index contributed by atoms with van der Waals surface area (Å²) in [5.74, 6) is -0.197. The Morgan fingerprint density at radius 3 is 2.61 bits per heavy atom. The number of aromatic nitrogens is 1. The van der Waals surface area contributed by atoms with Crippen molar-refractivity contribution in [2.75, 3.05) is 37.1 Å². The van der Waals surface area contributed by atoms with E-state index in [1.165, 1.54) is 12.1 Å². The van der Waals surface area contributed by atoms with Gasteiger partial charge >= 0.3 is 0 Å². The van der Waals surface area contributed by atoms with Crippen LogP contribution in [0, 0.1) is 0 Å². The quantitative estimate of drug-likeness (QED) is 0.596. The molecule has 5 N–H and O–H groups in total. The third kappa shape index (κ3) is 3.48. The number of guanidine groups is 1. The highest BCUT2D eigenvalue weighted by molar-refractivity contribution is 6.03. The zero-order valence-corrected chi connectivity index (χ0v) is 17.9. The van der Waals surface area contributed by atoms with Gasteiger partial charge in [-0.15, -0.1) is 0 Å². The summed E-state index contributed by atoms with van der Waals surface area (Å²) in [6.07, 6.45) is 2.93. The molecular weight excluding hydrogens is 388 g/mol. The molecule has 3 heterocycles. The smallest absolute Gasteiger partial charge is 0.215 e. The summed E-state index contributed by atoms with van der Waals surface area (Å²) < 4.78 is 0. The first kappa shape index (κ1) is 19.7. The summed E-state index contributed by atoms with van der Waals surface area (Å²) in [5.41, 5.74) is 18.2. The minimum absolute atomic E-state index is 0.281. The Morgan fingerprint density at radius 2 is 1.87 bits per heavy atom. The van der Waals surface area contributed by atoms with Crippen LogP contribution in [0.2, 0.25) is 0 Å². The highest BCUT2D eigenvalue weighted by Crippen LogP contribution is 2.30. The second-order valence-electron chi connectivity index (χ2n) is 8.44. The van der Waals surface area contributed by atoms with Crippen LogP contribution in [0.4, 0.5) is 11.5 Å². The maximum absolute atomic E-state index is 6.64. The van der Waals surface area contributed by atoms with Gasteiger partial charge in [0.15, 0.2) is 5.82 Å². The molecule has 0 saturated carbocycles. The summed E-state index contributed by atoms with van der Waals surface area (Å²) in [5, 5.41) is 3.71. The van der Waals surface area contributed by atoms with Gasteiger partial charge in [-0.25, -0.2) is 15.0 Å². The number of hydrogen-bond acceptors (Lipinski definition) is 8. The normalized spacial score (nSPS) is 23.7. The zero-order chi connectivity index (χ0) is 21.6. The van der Waals surface area contributed by atoms with Crippen LogP contribution >= 0.6 is 0 Å². The molecule has 2 aliphatic rings. The molecule has 8 nitrogen and oxygen atoms in total. The molecule has 2 aromatic carbocycles. The third-order valence-electron chi connectivity index (χ3n) is 6.23. The molecule has 8 heteroatoms. The molecule has 2 aliphatic heterocycles. The molecule has 1 saturated heterocycles. The van der Waals surface area contributed by atoms with Crippen LogP contribution < -0.4 is 26.8 Å². The van der Waals surface area contributed by atoms with Crippen molar-refractivity contribution in [3.05, 3.63) is 66.4 Å². The van der Waals surface area contributed by atoms with Crippen molar-refractivity contribution in [1.29, 1.82) is 0 Å². The van der Waals surface area contributed by atoms with Gasteiger partial charge in [0, 0.05) is 42.0 Å². The van der Waals surface area contributed by atoms with E-state index in [1.54, 1.807) is 11.2 Å². The second kappa shape index (κ2) is 7.49. The fraction of sp³-hybridized carbons (Fsp3) is 0.304. The molecule has 0 bridgehead atoms. The summed E-state index contributed by atoms with van der Waals surface area (Å²) in [6.45, 7) is 2.09. The molecule has 1 aromatic heterocycles. The van der Waals surface area contributed by atoms with E-state index in [-0.39, 0.29) is 5.96 Å². The highest BCUT2D eigenvalue weighted by atomic mass is 15.7. The van der Waals surface area contributed by atoms with Crippen molar-refractivity contribution in [1.82, 2.24) is 15.3 Å². The SMILES string of the molecule is CN(C)[C@@H]1CCN(c2ccc(C3(N)N=C(N)N(c4nccc5ccccc45)N3)cc2)C1. The van der Waals surface area contributed by atoms with Gasteiger partial charge in [-0.05, 0) is 44.1 Å². The number of hydrazine groups is 1. The molecular formula is C23H28N8. The monoisotopic (exact) mass is 416 g/mol. The predicted octanol–water partition coefficient (Wildman–Crippen LogP) is 1.78. The summed E-state index contributed by atoms with van der Waals surface area (Å²) in [4.78, 5) is 13.8. The van der Waals surface area contributed by atoms with Crippen molar-refractivity contribution < 1.29 is 0 Å². The van der Waals surface area contributed by atoms with Crippen LogP contribution in [0.5, 0.6) is 0 Å². The Kier molecular flexibility index (Phi) is 4.77. The van der Waals surface area contributed by atoms with Crippen molar-refractivity contribution >= 4 is 28.2 Å². The minimum Gasteiger partial charge on any atom is -0.370 e. The minimum atomic E-state index is -1.15. The lowest BCUT2D eigenvalue weighted by Crippen LogP contribution is -2.53. The van der Waals surface area contributed by atoms with Gasteiger partial charge in [0.05, 0.1) is 0 Å². The van der Waals surface area contributed by atoms with Crippen molar-refractivity contribution in [3.63, 3.8) is 0 Å². The topological polar surface area (TPSA) is 99.0 Å². The molecule has 0 aliphatic carbocycles.